The van der Waals surface area contributed by atoms with E-state index in [1.165, 1.54) is 5.56 Å². The van der Waals surface area contributed by atoms with Crippen LogP contribution in [0.5, 0.6) is 0 Å². The molecule has 0 unspecified atom stereocenters. The predicted octanol–water partition coefficient (Wildman–Crippen LogP) is 3.55. The number of carbonyl (C=O) groups is 2. The number of urea groups is 1. The Labute approximate surface area is 171 Å². The van der Waals surface area contributed by atoms with Crippen molar-refractivity contribution in [2.24, 2.45) is 4.99 Å². The van der Waals surface area contributed by atoms with Gasteiger partial charge in [-0.3, -0.25) is 9.79 Å². The second-order valence-electron chi connectivity index (χ2n) is 7.98. The molecule has 29 heavy (non-hydrogen) atoms. The van der Waals surface area contributed by atoms with E-state index < -0.39 is 5.66 Å². The van der Waals surface area contributed by atoms with Gasteiger partial charge in [-0.15, -0.1) is 0 Å². The molecule has 6 nitrogen and oxygen atoms in total. The highest BCUT2D eigenvalue weighted by Crippen LogP contribution is 2.29. The van der Waals surface area contributed by atoms with E-state index in [0.29, 0.717) is 31.6 Å². The SMILES string of the molecule is Cc1ccc(C2=NC3(CCN(C(=O)Nc4ccccc4C)CC3)NC2=O)cc1C. The Hall–Kier alpha value is -3.15. The number of aryl methyl sites for hydroxylation is 3. The van der Waals surface area contributed by atoms with Crippen LogP contribution in [-0.4, -0.2) is 41.3 Å². The van der Waals surface area contributed by atoms with Crippen LogP contribution in [0.25, 0.3) is 0 Å². The number of carbonyl (C=O) groups excluding carboxylic acids is 2. The van der Waals surface area contributed by atoms with Crippen molar-refractivity contribution < 1.29 is 9.59 Å². The smallest absolute Gasteiger partial charge is 0.321 e. The van der Waals surface area contributed by atoms with Crippen LogP contribution < -0.4 is 10.6 Å². The van der Waals surface area contributed by atoms with Crippen molar-refractivity contribution >= 4 is 23.3 Å². The van der Waals surface area contributed by atoms with Crippen LogP contribution in [0.4, 0.5) is 10.5 Å². The Morgan fingerprint density at radius 3 is 2.45 bits per heavy atom. The predicted molar refractivity (Wildman–Crippen MR) is 114 cm³/mol. The molecule has 0 radical (unpaired) electrons. The number of piperidine rings is 1. The summed E-state index contributed by atoms with van der Waals surface area (Å²) < 4.78 is 0. The summed E-state index contributed by atoms with van der Waals surface area (Å²) in [5.41, 5.74) is 4.91. The van der Waals surface area contributed by atoms with Crippen molar-refractivity contribution in [1.82, 2.24) is 10.2 Å². The molecule has 2 heterocycles. The second-order valence-corrected chi connectivity index (χ2v) is 7.98. The van der Waals surface area contributed by atoms with E-state index in [2.05, 4.69) is 17.6 Å². The first-order valence-corrected chi connectivity index (χ1v) is 9.98. The number of benzene rings is 2. The normalized spacial score (nSPS) is 17.8. The zero-order valence-corrected chi connectivity index (χ0v) is 17.1. The number of para-hydroxylation sites is 1. The minimum absolute atomic E-state index is 0.114. The lowest BCUT2D eigenvalue weighted by Crippen LogP contribution is -2.53. The number of hydrogen-bond donors (Lipinski definition) is 2. The molecule has 4 rings (SSSR count). The lowest BCUT2D eigenvalue weighted by atomic mass is 9.98. The first-order valence-electron chi connectivity index (χ1n) is 9.98. The summed E-state index contributed by atoms with van der Waals surface area (Å²) in [6.07, 6.45) is 1.21. The van der Waals surface area contributed by atoms with Gasteiger partial charge in [0.05, 0.1) is 0 Å². The summed E-state index contributed by atoms with van der Waals surface area (Å²) in [6.45, 7) is 7.14. The topological polar surface area (TPSA) is 73.8 Å². The Morgan fingerprint density at radius 1 is 1.03 bits per heavy atom. The number of aliphatic imine (C=N–C) groups is 1. The van der Waals surface area contributed by atoms with E-state index in [9.17, 15) is 9.59 Å². The Kier molecular flexibility index (Phi) is 4.86. The van der Waals surface area contributed by atoms with Crippen LogP contribution in [0.2, 0.25) is 0 Å². The van der Waals surface area contributed by atoms with Crippen LogP contribution >= 0.6 is 0 Å². The van der Waals surface area contributed by atoms with Crippen molar-refractivity contribution in [3.05, 3.63) is 64.7 Å². The first kappa shape index (κ1) is 19.2. The minimum Gasteiger partial charge on any atom is -0.326 e. The molecule has 2 aliphatic rings. The van der Waals surface area contributed by atoms with Gasteiger partial charge < -0.3 is 15.5 Å². The highest BCUT2D eigenvalue weighted by atomic mass is 16.2. The van der Waals surface area contributed by atoms with E-state index in [0.717, 1.165) is 22.4 Å². The highest BCUT2D eigenvalue weighted by molar-refractivity contribution is 6.46. The minimum atomic E-state index is -0.606. The van der Waals surface area contributed by atoms with Gasteiger partial charge in [0.1, 0.15) is 11.4 Å². The third kappa shape index (κ3) is 3.75. The summed E-state index contributed by atoms with van der Waals surface area (Å²) in [6, 6.07) is 13.6. The molecular weight excluding hydrogens is 364 g/mol. The molecule has 2 aliphatic heterocycles. The maximum absolute atomic E-state index is 12.6. The maximum Gasteiger partial charge on any atom is 0.321 e. The van der Waals surface area contributed by atoms with E-state index in [1.54, 1.807) is 4.90 Å². The van der Waals surface area contributed by atoms with E-state index >= 15 is 0 Å². The molecule has 0 aliphatic carbocycles. The monoisotopic (exact) mass is 390 g/mol. The summed E-state index contributed by atoms with van der Waals surface area (Å²) in [5.74, 6) is -0.133. The number of nitrogens with zero attached hydrogens (tertiary/aromatic N) is 2. The molecular formula is C23H26N4O2. The first-order chi connectivity index (χ1) is 13.9. The number of nitrogens with one attached hydrogen (secondary N) is 2. The average molecular weight is 390 g/mol. The Morgan fingerprint density at radius 2 is 1.76 bits per heavy atom. The largest absolute Gasteiger partial charge is 0.326 e. The number of amides is 3. The fourth-order valence-electron chi connectivity index (χ4n) is 3.87. The van der Waals surface area contributed by atoms with Gasteiger partial charge in [-0.1, -0.05) is 30.3 Å². The van der Waals surface area contributed by atoms with Gasteiger partial charge >= 0.3 is 6.03 Å². The molecule has 2 aromatic rings. The van der Waals surface area contributed by atoms with Gasteiger partial charge in [-0.25, -0.2) is 4.79 Å². The summed E-state index contributed by atoms with van der Waals surface area (Å²) in [5, 5.41) is 6.05. The molecule has 0 bridgehead atoms. The fraction of sp³-hybridized carbons (Fsp3) is 0.348. The summed E-state index contributed by atoms with van der Waals surface area (Å²) in [4.78, 5) is 31.8. The molecule has 0 atom stereocenters. The summed E-state index contributed by atoms with van der Waals surface area (Å²) >= 11 is 0. The van der Waals surface area contributed by atoms with Crippen molar-refractivity contribution in [2.75, 3.05) is 18.4 Å². The van der Waals surface area contributed by atoms with Crippen LogP contribution in [-0.2, 0) is 4.79 Å². The lowest BCUT2D eigenvalue weighted by molar-refractivity contribution is -0.115. The quantitative estimate of drug-likeness (QED) is 0.823. The average Bonchev–Trinajstić information content (AvgIpc) is 3.02. The van der Waals surface area contributed by atoms with E-state index in [4.69, 9.17) is 4.99 Å². The van der Waals surface area contributed by atoms with Crippen molar-refractivity contribution in [1.29, 1.82) is 0 Å². The van der Waals surface area contributed by atoms with Crippen molar-refractivity contribution in [3.63, 3.8) is 0 Å². The Balaban J connectivity index is 1.45. The van der Waals surface area contributed by atoms with Gasteiger partial charge in [0.15, 0.2) is 0 Å². The zero-order valence-electron chi connectivity index (χ0n) is 17.1. The highest BCUT2D eigenvalue weighted by Gasteiger charge is 2.42. The van der Waals surface area contributed by atoms with Gasteiger partial charge in [0.2, 0.25) is 0 Å². The number of likely N-dealkylation sites (tertiary alicyclic amines) is 1. The van der Waals surface area contributed by atoms with Gasteiger partial charge in [0.25, 0.3) is 5.91 Å². The van der Waals surface area contributed by atoms with E-state index in [1.807, 2.05) is 56.3 Å². The molecule has 2 N–H and O–H groups in total. The fourth-order valence-corrected chi connectivity index (χ4v) is 3.87. The standard InChI is InChI=1S/C23H26N4O2/c1-15-8-9-18(14-17(15)3)20-21(28)26-23(25-20)10-12-27(13-11-23)22(29)24-19-7-5-4-6-16(19)2/h4-9,14H,10-13H2,1-3H3,(H,24,29)(H,26,28). The number of hydrogen-bond acceptors (Lipinski definition) is 3. The van der Waals surface area contributed by atoms with Gasteiger partial charge in [-0.2, -0.15) is 0 Å². The molecule has 0 aromatic heterocycles. The summed E-state index contributed by atoms with van der Waals surface area (Å²) in [7, 11) is 0. The van der Waals surface area contributed by atoms with Gasteiger partial charge in [-0.05, 0) is 49.6 Å². The van der Waals surface area contributed by atoms with Crippen LogP contribution in [0, 0.1) is 20.8 Å². The molecule has 1 spiro atoms. The molecule has 150 valence electrons. The molecule has 1 saturated heterocycles. The molecule has 0 saturated carbocycles. The molecule has 3 amide bonds. The number of anilines is 1. The van der Waals surface area contributed by atoms with Crippen molar-refractivity contribution in [3.8, 4) is 0 Å². The molecule has 6 heteroatoms. The maximum atomic E-state index is 12.6. The number of rotatable bonds is 2. The third-order valence-corrected chi connectivity index (χ3v) is 5.93. The van der Waals surface area contributed by atoms with Crippen LogP contribution in [0.15, 0.2) is 47.5 Å². The van der Waals surface area contributed by atoms with E-state index in [-0.39, 0.29) is 11.9 Å². The van der Waals surface area contributed by atoms with Crippen LogP contribution in [0.1, 0.15) is 35.1 Å². The Bertz CT molecular complexity index is 1000. The van der Waals surface area contributed by atoms with Gasteiger partial charge in [0, 0.05) is 37.2 Å². The lowest BCUT2D eigenvalue weighted by Gasteiger charge is -2.37. The zero-order chi connectivity index (χ0) is 20.6. The molecule has 1 fully saturated rings. The molecule has 2 aromatic carbocycles. The van der Waals surface area contributed by atoms with Crippen LogP contribution in [0.3, 0.4) is 0 Å². The third-order valence-electron chi connectivity index (χ3n) is 5.93. The second kappa shape index (κ2) is 7.35. The van der Waals surface area contributed by atoms with Crippen molar-refractivity contribution in [2.45, 2.75) is 39.3 Å².